The van der Waals surface area contributed by atoms with E-state index < -0.39 is 5.60 Å². The van der Waals surface area contributed by atoms with Crippen LogP contribution in [-0.2, 0) is 6.54 Å². The number of aliphatic hydroxyl groups is 1. The van der Waals surface area contributed by atoms with E-state index in [1.165, 1.54) is 0 Å². The summed E-state index contributed by atoms with van der Waals surface area (Å²) in [7, 11) is 0. The topological polar surface area (TPSA) is 74.2 Å². The molecule has 1 atom stereocenters. The number of carbonyl (C=O) groups is 1. The number of aromatic nitrogens is 1. The van der Waals surface area contributed by atoms with Gasteiger partial charge in [0, 0.05) is 17.6 Å². The van der Waals surface area contributed by atoms with E-state index in [0.29, 0.717) is 18.9 Å². The van der Waals surface area contributed by atoms with Gasteiger partial charge in [0.15, 0.2) is 0 Å². The second-order valence-corrected chi connectivity index (χ2v) is 7.15. The quantitative estimate of drug-likeness (QED) is 0.724. The van der Waals surface area contributed by atoms with Gasteiger partial charge in [-0.3, -0.25) is 0 Å². The lowest BCUT2D eigenvalue weighted by atomic mass is 9.95. The summed E-state index contributed by atoms with van der Waals surface area (Å²) in [6.45, 7) is 8.63. The van der Waals surface area contributed by atoms with E-state index in [9.17, 15) is 9.90 Å². The first-order valence-corrected chi connectivity index (χ1v) is 7.75. The third-order valence-electron chi connectivity index (χ3n) is 2.96. The fraction of sp³-hybridized carbons (Fsp3) is 0.714. The van der Waals surface area contributed by atoms with Crippen molar-refractivity contribution < 1.29 is 9.90 Å². The van der Waals surface area contributed by atoms with Crippen molar-refractivity contribution in [2.45, 2.75) is 52.7 Å². The number of urea groups is 1. The van der Waals surface area contributed by atoms with Crippen molar-refractivity contribution in [3.05, 3.63) is 16.1 Å². The highest BCUT2D eigenvalue weighted by molar-refractivity contribution is 7.11. The summed E-state index contributed by atoms with van der Waals surface area (Å²) in [5.41, 5.74) is -0.862. The molecule has 0 saturated carbocycles. The molecule has 2 amide bonds. The van der Waals surface area contributed by atoms with Crippen LogP contribution >= 0.6 is 11.3 Å². The number of rotatable bonds is 7. The van der Waals surface area contributed by atoms with Crippen molar-refractivity contribution in [3.8, 4) is 0 Å². The van der Waals surface area contributed by atoms with Gasteiger partial charge in [0.2, 0.25) is 0 Å². The van der Waals surface area contributed by atoms with Gasteiger partial charge in [-0.05, 0) is 32.6 Å². The third kappa shape index (κ3) is 6.86. The summed E-state index contributed by atoms with van der Waals surface area (Å²) in [6, 6.07) is -0.275. The average molecular weight is 299 g/mol. The smallest absolute Gasteiger partial charge is 0.315 e. The van der Waals surface area contributed by atoms with Crippen LogP contribution in [0.2, 0.25) is 0 Å². The molecule has 1 unspecified atom stereocenters. The van der Waals surface area contributed by atoms with Gasteiger partial charge >= 0.3 is 6.03 Å². The first-order chi connectivity index (χ1) is 9.28. The predicted molar refractivity (Wildman–Crippen MR) is 81.8 cm³/mol. The zero-order chi connectivity index (χ0) is 15.2. The van der Waals surface area contributed by atoms with Crippen LogP contribution in [0.4, 0.5) is 4.79 Å². The highest BCUT2D eigenvalue weighted by atomic mass is 32.1. The molecule has 1 aromatic rings. The molecule has 1 rings (SSSR count). The van der Waals surface area contributed by atoms with Gasteiger partial charge in [0.05, 0.1) is 12.1 Å². The molecule has 0 aromatic carbocycles. The maximum Gasteiger partial charge on any atom is 0.315 e. The molecule has 114 valence electrons. The van der Waals surface area contributed by atoms with Gasteiger partial charge < -0.3 is 15.7 Å². The van der Waals surface area contributed by atoms with Gasteiger partial charge in [-0.2, -0.15) is 0 Å². The first-order valence-electron chi connectivity index (χ1n) is 6.94. The maximum atomic E-state index is 11.7. The Morgan fingerprint density at radius 3 is 2.75 bits per heavy atom. The van der Waals surface area contributed by atoms with E-state index in [4.69, 9.17) is 0 Å². The predicted octanol–water partition coefficient (Wildman–Crippen LogP) is 2.44. The van der Waals surface area contributed by atoms with Crippen molar-refractivity contribution in [2.24, 2.45) is 5.92 Å². The molecule has 0 radical (unpaired) electrons. The van der Waals surface area contributed by atoms with Gasteiger partial charge in [0.1, 0.15) is 5.01 Å². The van der Waals surface area contributed by atoms with Crippen molar-refractivity contribution >= 4 is 17.4 Å². The molecule has 0 spiro atoms. The first kappa shape index (κ1) is 16.9. The normalized spacial score (nSPS) is 14.1. The van der Waals surface area contributed by atoms with Crippen LogP contribution < -0.4 is 10.6 Å². The fourth-order valence-corrected chi connectivity index (χ4v) is 2.39. The number of carbonyl (C=O) groups excluding carboxylic acids is 1. The molecular weight excluding hydrogens is 274 g/mol. The molecule has 0 fully saturated rings. The van der Waals surface area contributed by atoms with Gasteiger partial charge in [-0.1, -0.05) is 13.8 Å². The number of thiazole rings is 1. The van der Waals surface area contributed by atoms with Gasteiger partial charge in [-0.25, -0.2) is 9.78 Å². The van der Waals surface area contributed by atoms with Gasteiger partial charge in [-0.15, -0.1) is 11.3 Å². The monoisotopic (exact) mass is 299 g/mol. The third-order valence-corrected chi connectivity index (χ3v) is 3.87. The molecule has 0 aliphatic rings. The molecule has 0 bridgehead atoms. The summed E-state index contributed by atoms with van der Waals surface area (Å²) < 4.78 is 0. The Balaban J connectivity index is 2.25. The minimum atomic E-state index is -0.862. The Hall–Kier alpha value is -1.14. The maximum absolute atomic E-state index is 11.7. The van der Waals surface area contributed by atoms with Crippen LogP contribution in [0.25, 0.3) is 0 Å². The summed E-state index contributed by atoms with van der Waals surface area (Å²) in [4.78, 5) is 16.9. The number of amides is 2. The molecule has 6 heteroatoms. The fourth-order valence-electron chi connectivity index (χ4n) is 1.66. The second kappa shape index (κ2) is 7.59. The van der Waals surface area contributed by atoms with E-state index in [2.05, 4.69) is 29.5 Å². The lowest BCUT2D eigenvalue weighted by Crippen LogP contribution is -2.44. The molecule has 1 aromatic heterocycles. The van der Waals surface area contributed by atoms with E-state index in [0.717, 1.165) is 16.3 Å². The van der Waals surface area contributed by atoms with Crippen LogP contribution in [0.3, 0.4) is 0 Å². The minimum Gasteiger partial charge on any atom is -0.388 e. The van der Waals surface area contributed by atoms with Crippen LogP contribution in [0.1, 0.15) is 43.5 Å². The number of hydrogen-bond acceptors (Lipinski definition) is 4. The summed E-state index contributed by atoms with van der Waals surface area (Å²) in [5.74, 6) is 0.545. The van der Waals surface area contributed by atoms with E-state index in [1.54, 1.807) is 24.5 Å². The average Bonchev–Trinajstić information content (AvgIpc) is 2.78. The van der Waals surface area contributed by atoms with Crippen LogP contribution in [-0.4, -0.2) is 28.3 Å². The molecule has 20 heavy (non-hydrogen) atoms. The molecular formula is C14H25N3O2S. The van der Waals surface area contributed by atoms with Crippen molar-refractivity contribution in [2.75, 3.05) is 6.54 Å². The molecule has 0 aliphatic carbocycles. The van der Waals surface area contributed by atoms with E-state index in [1.807, 2.05) is 6.92 Å². The highest BCUT2D eigenvalue weighted by Gasteiger charge is 2.21. The number of aryl methyl sites for hydroxylation is 1. The Morgan fingerprint density at radius 1 is 1.50 bits per heavy atom. The second-order valence-electron chi connectivity index (χ2n) is 5.83. The SMILES string of the molecule is Cc1cnc(CNC(=O)NCC(C)(O)CCC(C)C)s1. The van der Waals surface area contributed by atoms with E-state index >= 15 is 0 Å². The van der Waals surface area contributed by atoms with Crippen LogP contribution in [0, 0.1) is 12.8 Å². The van der Waals surface area contributed by atoms with Gasteiger partial charge in [0.25, 0.3) is 0 Å². The largest absolute Gasteiger partial charge is 0.388 e. The Bertz CT molecular complexity index is 430. The standard InChI is InChI=1S/C14H25N3O2S/c1-10(2)5-6-14(4,19)9-17-13(18)16-8-12-15-7-11(3)20-12/h7,10,19H,5-6,8-9H2,1-4H3,(H2,16,17,18). The zero-order valence-electron chi connectivity index (χ0n) is 12.7. The minimum absolute atomic E-state index is 0.252. The molecule has 0 aliphatic heterocycles. The lowest BCUT2D eigenvalue weighted by molar-refractivity contribution is 0.0476. The Kier molecular flexibility index (Phi) is 6.42. The van der Waals surface area contributed by atoms with Crippen molar-refractivity contribution in [1.82, 2.24) is 15.6 Å². The molecule has 0 saturated heterocycles. The summed E-state index contributed by atoms with van der Waals surface area (Å²) >= 11 is 1.56. The zero-order valence-corrected chi connectivity index (χ0v) is 13.5. The highest BCUT2D eigenvalue weighted by Crippen LogP contribution is 2.15. The summed E-state index contributed by atoms with van der Waals surface area (Å²) in [6.07, 6.45) is 3.40. The Morgan fingerprint density at radius 2 is 2.20 bits per heavy atom. The number of hydrogen-bond donors (Lipinski definition) is 3. The molecule has 5 nitrogen and oxygen atoms in total. The molecule has 1 heterocycles. The van der Waals surface area contributed by atoms with E-state index in [-0.39, 0.29) is 12.6 Å². The Labute approximate surface area is 124 Å². The number of nitrogens with one attached hydrogen (secondary N) is 2. The van der Waals surface area contributed by atoms with Crippen LogP contribution in [0.15, 0.2) is 6.20 Å². The van der Waals surface area contributed by atoms with Crippen molar-refractivity contribution in [1.29, 1.82) is 0 Å². The van der Waals surface area contributed by atoms with Crippen LogP contribution in [0.5, 0.6) is 0 Å². The molecule has 3 N–H and O–H groups in total. The number of nitrogens with zero attached hydrogens (tertiary/aromatic N) is 1. The lowest BCUT2D eigenvalue weighted by Gasteiger charge is -2.24. The summed E-state index contributed by atoms with van der Waals surface area (Å²) in [5, 5.41) is 16.5. The van der Waals surface area contributed by atoms with Crippen molar-refractivity contribution in [3.63, 3.8) is 0 Å².